The van der Waals surface area contributed by atoms with E-state index in [4.69, 9.17) is 9.05 Å². The number of carbonyl (C=O) groups excluding carboxylic acids is 1. The number of carboxylic acids is 1. The van der Waals surface area contributed by atoms with Gasteiger partial charge in [-0.2, -0.15) is 0 Å². The maximum atomic E-state index is 13.7. The molecule has 0 spiro atoms. The Morgan fingerprint density at radius 3 is 1.43 bits per heavy atom. The second-order valence-corrected chi connectivity index (χ2v) is 16.6. The van der Waals surface area contributed by atoms with E-state index in [1.807, 2.05) is 97.1 Å². The summed E-state index contributed by atoms with van der Waals surface area (Å²) in [5.41, 5.74) is 6.33. The second kappa shape index (κ2) is 20.0. The van der Waals surface area contributed by atoms with E-state index in [1.54, 1.807) is 0 Å². The summed E-state index contributed by atoms with van der Waals surface area (Å²) in [6.45, 7) is 9.74. The van der Waals surface area contributed by atoms with Gasteiger partial charge in [0.25, 0.3) is 0 Å². The summed E-state index contributed by atoms with van der Waals surface area (Å²) < 4.78 is 24.8. The van der Waals surface area contributed by atoms with Crippen molar-refractivity contribution in [1.82, 2.24) is 5.32 Å². The molecule has 2 aliphatic carbocycles. The standard InChI is InChI=1S/C29H40NO4P.C19H18O2/c1-4-7-21-33-35(32,34-22-8-5-2)23-14-13-19-29(28(31)30-20-6-3)26-17-11-9-15-24(26)25-16-10-12-18-27(25)29;1-2-3-8-13-19(18(20)21)16-11-6-4-9-14(16)15-10-5-7-12-17(15)19/h9-18H,4-8,19-23H2,1-3H3,(H,30,31);3-12H,2,13H2,1H3,(H,20,21)/b14-13+;8-3+. The molecule has 0 saturated carbocycles. The molecule has 8 heteroatoms. The van der Waals surface area contributed by atoms with Crippen LogP contribution in [-0.4, -0.2) is 42.9 Å². The Bertz CT molecular complexity index is 1950. The molecular formula is C48H58NO6P. The molecule has 296 valence electrons. The first-order chi connectivity index (χ1) is 27.2. The third kappa shape index (κ3) is 8.86. The van der Waals surface area contributed by atoms with Crippen LogP contribution in [0.4, 0.5) is 0 Å². The topological polar surface area (TPSA) is 102 Å². The van der Waals surface area contributed by atoms with Crippen LogP contribution in [0.1, 0.15) is 101 Å². The van der Waals surface area contributed by atoms with Crippen LogP contribution in [-0.2, 0) is 34.0 Å². The average Bonchev–Trinajstić information content (AvgIpc) is 3.68. The van der Waals surface area contributed by atoms with E-state index >= 15 is 0 Å². The molecule has 4 aromatic rings. The van der Waals surface area contributed by atoms with Crippen molar-refractivity contribution in [2.24, 2.45) is 0 Å². The van der Waals surface area contributed by atoms with Gasteiger partial charge in [-0.25, -0.2) is 0 Å². The van der Waals surface area contributed by atoms with E-state index in [1.165, 1.54) is 0 Å². The fraction of sp³-hybridized carbons (Fsp3) is 0.375. The molecule has 7 nitrogen and oxygen atoms in total. The maximum Gasteiger partial charge on any atom is 0.334 e. The molecule has 1 amide bonds. The number of benzene rings is 4. The number of fused-ring (bicyclic) bond motifs is 6. The van der Waals surface area contributed by atoms with Gasteiger partial charge in [0.1, 0.15) is 10.8 Å². The summed E-state index contributed by atoms with van der Waals surface area (Å²) in [6.07, 6.45) is 14.5. The van der Waals surface area contributed by atoms with Crippen molar-refractivity contribution in [2.75, 3.05) is 25.9 Å². The Kier molecular flexibility index (Phi) is 15.2. The number of allylic oxidation sites excluding steroid dienone is 4. The van der Waals surface area contributed by atoms with Crippen LogP contribution >= 0.6 is 7.60 Å². The lowest BCUT2D eigenvalue weighted by molar-refractivity contribution is -0.142. The first kappa shape index (κ1) is 42.6. The van der Waals surface area contributed by atoms with Crippen molar-refractivity contribution in [3.63, 3.8) is 0 Å². The molecular weight excluding hydrogens is 718 g/mol. The first-order valence-corrected chi connectivity index (χ1v) is 22.0. The molecule has 0 fully saturated rings. The molecule has 0 aliphatic heterocycles. The van der Waals surface area contributed by atoms with Crippen molar-refractivity contribution in [3.05, 3.63) is 144 Å². The SMILES string of the molecule is CC/C=C/CC1(C(=O)O)c2ccccc2-c2ccccc21.CCCCOP(=O)(C/C=C/CC1(C(=O)NCCC)c2ccccc2-c2ccccc21)OCCCC. The Balaban J connectivity index is 0.000000242. The van der Waals surface area contributed by atoms with E-state index in [0.29, 0.717) is 32.6 Å². The highest BCUT2D eigenvalue weighted by Crippen LogP contribution is 2.53. The van der Waals surface area contributed by atoms with Gasteiger partial charge in [-0.1, -0.05) is 162 Å². The van der Waals surface area contributed by atoms with Crippen LogP contribution in [0.3, 0.4) is 0 Å². The minimum Gasteiger partial charge on any atom is -0.480 e. The van der Waals surface area contributed by atoms with Gasteiger partial charge in [0.2, 0.25) is 5.91 Å². The number of aliphatic carboxylic acids is 1. The first-order valence-electron chi connectivity index (χ1n) is 20.3. The van der Waals surface area contributed by atoms with E-state index in [9.17, 15) is 19.3 Å². The number of nitrogens with one attached hydrogen (secondary N) is 1. The summed E-state index contributed by atoms with van der Waals surface area (Å²) in [4.78, 5) is 26.0. The third-order valence-electron chi connectivity index (χ3n) is 10.7. The Morgan fingerprint density at radius 1 is 0.607 bits per heavy atom. The van der Waals surface area contributed by atoms with Crippen molar-refractivity contribution in [2.45, 2.75) is 89.9 Å². The monoisotopic (exact) mass is 775 g/mol. The zero-order valence-electron chi connectivity index (χ0n) is 33.5. The van der Waals surface area contributed by atoms with Crippen molar-refractivity contribution >= 4 is 19.5 Å². The molecule has 0 unspecified atom stereocenters. The number of amides is 1. The van der Waals surface area contributed by atoms with Crippen LogP contribution < -0.4 is 5.32 Å². The molecule has 2 aliphatic rings. The van der Waals surface area contributed by atoms with Gasteiger partial charge in [-0.05, 0) is 83.0 Å². The number of hydrogen-bond donors (Lipinski definition) is 2. The predicted octanol–water partition coefficient (Wildman–Crippen LogP) is 11.6. The lowest BCUT2D eigenvalue weighted by Crippen LogP contribution is -2.44. The highest BCUT2D eigenvalue weighted by molar-refractivity contribution is 7.54. The fourth-order valence-corrected chi connectivity index (χ4v) is 9.37. The highest BCUT2D eigenvalue weighted by Gasteiger charge is 2.49. The normalized spacial score (nSPS) is 14.4. The molecule has 0 aromatic heterocycles. The van der Waals surface area contributed by atoms with Crippen molar-refractivity contribution in [3.8, 4) is 22.3 Å². The molecule has 0 radical (unpaired) electrons. The highest BCUT2D eigenvalue weighted by atomic mass is 31.2. The van der Waals surface area contributed by atoms with Crippen molar-refractivity contribution < 1.29 is 28.3 Å². The summed E-state index contributed by atoms with van der Waals surface area (Å²) in [6, 6.07) is 32.0. The summed E-state index contributed by atoms with van der Waals surface area (Å²) >= 11 is 0. The van der Waals surface area contributed by atoms with Crippen LogP contribution in [0.5, 0.6) is 0 Å². The van der Waals surface area contributed by atoms with E-state index in [2.05, 4.69) is 57.3 Å². The third-order valence-corrected chi connectivity index (χ3v) is 12.5. The summed E-state index contributed by atoms with van der Waals surface area (Å²) in [5, 5.41) is 13.2. The Hall–Kier alpha value is -4.55. The van der Waals surface area contributed by atoms with Gasteiger partial charge in [0, 0.05) is 6.54 Å². The molecule has 0 heterocycles. The van der Waals surface area contributed by atoms with Gasteiger partial charge in [0.05, 0.1) is 19.4 Å². The Labute approximate surface area is 333 Å². The maximum absolute atomic E-state index is 13.7. The lowest BCUT2D eigenvalue weighted by atomic mass is 9.74. The quantitative estimate of drug-likeness (QED) is 0.0559. The van der Waals surface area contributed by atoms with Crippen LogP contribution in [0.25, 0.3) is 22.3 Å². The number of unbranched alkanes of at least 4 members (excludes halogenated alkanes) is 2. The molecule has 0 bridgehead atoms. The number of carbonyl (C=O) groups is 2. The second-order valence-electron chi connectivity index (χ2n) is 14.5. The minimum absolute atomic E-state index is 0.00275. The van der Waals surface area contributed by atoms with Gasteiger partial charge in [-0.3, -0.25) is 14.2 Å². The minimum atomic E-state index is -3.22. The molecule has 56 heavy (non-hydrogen) atoms. The van der Waals surface area contributed by atoms with Crippen molar-refractivity contribution in [1.29, 1.82) is 0 Å². The smallest absolute Gasteiger partial charge is 0.334 e. The largest absolute Gasteiger partial charge is 0.480 e. The van der Waals surface area contributed by atoms with Gasteiger partial charge >= 0.3 is 13.6 Å². The van der Waals surface area contributed by atoms with Crippen LogP contribution in [0.15, 0.2) is 121 Å². The van der Waals surface area contributed by atoms with Gasteiger partial charge in [-0.15, -0.1) is 0 Å². The lowest BCUT2D eigenvalue weighted by Gasteiger charge is -2.30. The zero-order chi connectivity index (χ0) is 40.0. The number of carboxylic acid groups (broad SMARTS) is 1. The molecule has 0 saturated heterocycles. The van der Waals surface area contributed by atoms with Gasteiger partial charge < -0.3 is 19.5 Å². The predicted molar refractivity (Wildman–Crippen MR) is 228 cm³/mol. The van der Waals surface area contributed by atoms with Gasteiger partial charge in [0.15, 0.2) is 0 Å². The fourth-order valence-electron chi connectivity index (χ4n) is 7.86. The zero-order valence-corrected chi connectivity index (χ0v) is 34.4. The number of rotatable bonds is 19. The summed E-state index contributed by atoms with van der Waals surface area (Å²) in [5.74, 6) is -0.774. The van der Waals surface area contributed by atoms with E-state index < -0.39 is 24.4 Å². The molecule has 4 aromatic carbocycles. The van der Waals surface area contributed by atoms with Crippen LogP contribution in [0.2, 0.25) is 0 Å². The average molecular weight is 776 g/mol. The van der Waals surface area contributed by atoms with E-state index in [0.717, 1.165) is 83.0 Å². The molecule has 0 atom stereocenters. The Morgan fingerprint density at radius 2 is 1.02 bits per heavy atom. The molecule has 6 rings (SSSR count). The van der Waals surface area contributed by atoms with Crippen LogP contribution in [0, 0.1) is 0 Å². The number of hydrogen-bond acceptors (Lipinski definition) is 5. The molecule has 2 N–H and O–H groups in total. The van der Waals surface area contributed by atoms with E-state index in [-0.39, 0.29) is 12.1 Å². The summed E-state index contributed by atoms with van der Waals surface area (Å²) in [7, 11) is -3.22.